The number of fused-ring (bicyclic) bond motifs is 1. The average Bonchev–Trinajstić information content (AvgIpc) is 3.28. The van der Waals surface area contributed by atoms with Crippen molar-refractivity contribution >= 4 is 40.7 Å². The Morgan fingerprint density at radius 2 is 1.76 bits per heavy atom. The van der Waals surface area contributed by atoms with Gasteiger partial charge in [0, 0.05) is 10.6 Å². The standard InChI is InChI=1S/C33H31ClN2O5S/c1-5-39-26-18-21(12-17-25(26)41-20(3)4)19-27-31(37)36-30(23-13-15-24(34)16-14-23)28(32(38)40-6-2)29(35-33(36)42-27)22-10-8-7-9-11-22/h7-20,30H,5-6H2,1-4H3/b27-19-/t30-/m1/s1. The second kappa shape index (κ2) is 12.8. The fraction of sp³-hybridized carbons (Fsp3) is 0.242. The van der Waals surface area contributed by atoms with E-state index in [1.807, 2.05) is 81.4 Å². The van der Waals surface area contributed by atoms with E-state index in [4.69, 9.17) is 30.8 Å². The maximum atomic E-state index is 14.1. The first kappa shape index (κ1) is 29.4. The lowest BCUT2D eigenvalue weighted by atomic mass is 9.93. The van der Waals surface area contributed by atoms with E-state index in [0.29, 0.717) is 43.7 Å². The molecule has 1 aliphatic rings. The van der Waals surface area contributed by atoms with Crippen molar-refractivity contribution in [3.05, 3.63) is 120 Å². The molecule has 3 aromatic carbocycles. The summed E-state index contributed by atoms with van der Waals surface area (Å²) in [5, 5.41) is 0.547. The van der Waals surface area contributed by atoms with Crippen LogP contribution in [0.1, 0.15) is 50.4 Å². The van der Waals surface area contributed by atoms with Crippen molar-refractivity contribution in [2.45, 2.75) is 39.8 Å². The Bertz CT molecular complexity index is 1810. The molecule has 4 aromatic rings. The molecule has 1 aliphatic heterocycles. The van der Waals surface area contributed by atoms with Gasteiger partial charge in [-0.05, 0) is 69.2 Å². The van der Waals surface area contributed by atoms with Gasteiger partial charge >= 0.3 is 5.97 Å². The number of rotatable bonds is 9. The smallest absolute Gasteiger partial charge is 0.338 e. The van der Waals surface area contributed by atoms with Gasteiger partial charge in [0.2, 0.25) is 0 Å². The number of aromatic nitrogens is 1. The van der Waals surface area contributed by atoms with E-state index in [-0.39, 0.29) is 23.8 Å². The molecule has 216 valence electrons. The Kier molecular flexibility index (Phi) is 8.94. The Morgan fingerprint density at radius 3 is 2.43 bits per heavy atom. The summed E-state index contributed by atoms with van der Waals surface area (Å²) in [6, 6.07) is 21.4. The molecule has 0 aliphatic carbocycles. The van der Waals surface area contributed by atoms with Crippen LogP contribution in [0.15, 0.2) is 88.2 Å². The Labute approximate surface area is 253 Å². The first-order chi connectivity index (χ1) is 20.3. The van der Waals surface area contributed by atoms with Gasteiger partial charge in [-0.3, -0.25) is 9.36 Å². The highest BCUT2D eigenvalue weighted by Gasteiger charge is 2.35. The van der Waals surface area contributed by atoms with Gasteiger partial charge in [0.25, 0.3) is 5.56 Å². The summed E-state index contributed by atoms with van der Waals surface area (Å²) in [6.07, 6.45) is 1.79. The molecule has 0 bridgehead atoms. The lowest BCUT2D eigenvalue weighted by Gasteiger charge is -2.25. The predicted octanol–water partition coefficient (Wildman–Crippen LogP) is 5.77. The average molecular weight is 603 g/mol. The van der Waals surface area contributed by atoms with E-state index in [1.54, 1.807) is 29.7 Å². The van der Waals surface area contributed by atoms with Gasteiger partial charge < -0.3 is 14.2 Å². The molecule has 0 spiro atoms. The van der Waals surface area contributed by atoms with Crippen LogP contribution in [0.3, 0.4) is 0 Å². The van der Waals surface area contributed by atoms with Crippen molar-refractivity contribution in [2.75, 3.05) is 13.2 Å². The van der Waals surface area contributed by atoms with Gasteiger partial charge in [-0.25, -0.2) is 9.79 Å². The normalized spacial score (nSPS) is 14.9. The maximum Gasteiger partial charge on any atom is 0.338 e. The largest absolute Gasteiger partial charge is 0.490 e. The van der Waals surface area contributed by atoms with E-state index in [9.17, 15) is 9.59 Å². The summed E-state index contributed by atoms with van der Waals surface area (Å²) in [5.41, 5.74) is 2.73. The van der Waals surface area contributed by atoms with Crippen molar-refractivity contribution in [1.29, 1.82) is 0 Å². The summed E-state index contributed by atoms with van der Waals surface area (Å²) in [7, 11) is 0. The molecule has 0 unspecified atom stereocenters. The molecule has 0 saturated carbocycles. The third kappa shape index (κ3) is 6.05. The molecule has 1 atom stereocenters. The minimum atomic E-state index is -0.768. The molecule has 9 heteroatoms. The highest BCUT2D eigenvalue weighted by atomic mass is 35.5. The summed E-state index contributed by atoms with van der Waals surface area (Å²) >= 11 is 7.47. The van der Waals surface area contributed by atoms with Crippen LogP contribution in [0.4, 0.5) is 0 Å². The number of esters is 1. The second-order valence-electron chi connectivity index (χ2n) is 9.79. The van der Waals surface area contributed by atoms with Crippen LogP contribution in [0.25, 0.3) is 11.8 Å². The molecule has 2 heterocycles. The monoisotopic (exact) mass is 602 g/mol. The predicted molar refractivity (Wildman–Crippen MR) is 166 cm³/mol. The summed E-state index contributed by atoms with van der Waals surface area (Å²) in [5.74, 6) is 0.707. The number of halogens is 1. The second-order valence-corrected chi connectivity index (χ2v) is 11.2. The summed E-state index contributed by atoms with van der Waals surface area (Å²) < 4.78 is 19.3. The summed E-state index contributed by atoms with van der Waals surface area (Å²) in [6.45, 7) is 8.22. The molecule has 0 radical (unpaired) electrons. The lowest BCUT2D eigenvalue weighted by Crippen LogP contribution is -2.40. The van der Waals surface area contributed by atoms with Crippen LogP contribution in [-0.4, -0.2) is 29.9 Å². The lowest BCUT2D eigenvalue weighted by molar-refractivity contribution is -0.138. The van der Waals surface area contributed by atoms with E-state index >= 15 is 0 Å². The van der Waals surface area contributed by atoms with Crippen molar-refractivity contribution in [2.24, 2.45) is 4.99 Å². The zero-order chi connectivity index (χ0) is 29.8. The van der Waals surface area contributed by atoms with Gasteiger partial charge in [-0.2, -0.15) is 0 Å². The molecule has 0 N–H and O–H groups in total. The van der Waals surface area contributed by atoms with Crippen LogP contribution in [0, 0.1) is 0 Å². The Balaban J connectivity index is 1.75. The van der Waals surface area contributed by atoms with Gasteiger partial charge in [0.05, 0.1) is 41.2 Å². The first-order valence-electron chi connectivity index (χ1n) is 13.8. The minimum Gasteiger partial charge on any atom is -0.490 e. The number of hydrogen-bond donors (Lipinski definition) is 0. The number of benzene rings is 3. The van der Waals surface area contributed by atoms with Crippen molar-refractivity contribution in [1.82, 2.24) is 4.57 Å². The molecule has 0 amide bonds. The molecular formula is C33H31ClN2O5S. The maximum absolute atomic E-state index is 14.1. The van der Waals surface area contributed by atoms with Crippen LogP contribution in [-0.2, 0) is 9.53 Å². The molecule has 42 heavy (non-hydrogen) atoms. The topological polar surface area (TPSA) is 79.1 Å². The molecule has 5 rings (SSSR count). The minimum absolute atomic E-state index is 0.0148. The number of carbonyl (C=O) groups is 1. The Hall–Kier alpha value is -4.14. The SMILES string of the molecule is CCOC(=O)C1=C(c2ccccc2)N=c2s/c(=C\c3ccc(OC(C)C)c(OCC)c3)c(=O)n2[C@@H]1c1ccc(Cl)cc1. The van der Waals surface area contributed by atoms with Crippen LogP contribution >= 0.6 is 22.9 Å². The quantitative estimate of drug-likeness (QED) is 0.227. The highest BCUT2D eigenvalue weighted by Crippen LogP contribution is 2.35. The third-order valence-corrected chi connectivity index (χ3v) is 7.72. The van der Waals surface area contributed by atoms with Gasteiger partial charge in [0.15, 0.2) is 16.3 Å². The number of nitrogens with zero attached hydrogens (tertiary/aromatic N) is 2. The van der Waals surface area contributed by atoms with Crippen molar-refractivity contribution in [3.8, 4) is 11.5 Å². The Morgan fingerprint density at radius 1 is 1.02 bits per heavy atom. The van der Waals surface area contributed by atoms with Crippen LogP contribution < -0.4 is 24.4 Å². The first-order valence-corrected chi connectivity index (χ1v) is 15.0. The molecule has 0 fully saturated rings. The molecule has 7 nitrogen and oxygen atoms in total. The van der Waals surface area contributed by atoms with E-state index in [1.165, 1.54) is 11.3 Å². The zero-order valence-electron chi connectivity index (χ0n) is 23.8. The van der Waals surface area contributed by atoms with Crippen molar-refractivity contribution < 1.29 is 19.0 Å². The number of carbonyl (C=O) groups excluding carboxylic acids is 1. The fourth-order valence-corrected chi connectivity index (χ4v) is 5.91. The molecule has 0 saturated heterocycles. The molecular weight excluding hydrogens is 572 g/mol. The fourth-order valence-electron chi connectivity index (χ4n) is 4.79. The van der Waals surface area contributed by atoms with Gasteiger partial charge in [0.1, 0.15) is 0 Å². The van der Waals surface area contributed by atoms with Crippen LogP contribution in [0.5, 0.6) is 11.5 Å². The molecule has 1 aromatic heterocycles. The van der Waals surface area contributed by atoms with Crippen LogP contribution in [0.2, 0.25) is 5.02 Å². The van der Waals surface area contributed by atoms with E-state index in [2.05, 4.69) is 0 Å². The third-order valence-electron chi connectivity index (χ3n) is 6.49. The number of thiazole rings is 1. The number of hydrogen-bond acceptors (Lipinski definition) is 7. The van der Waals surface area contributed by atoms with E-state index in [0.717, 1.165) is 11.1 Å². The van der Waals surface area contributed by atoms with Crippen molar-refractivity contribution in [3.63, 3.8) is 0 Å². The highest BCUT2D eigenvalue weighted by molar-refractivity contribution is 7.07. The zero-order valence-corrected chi connectivity index (χ0v) is 25.4. The van der Waals surface area contributed by atoms with Gasteiger partial charge in [-0.15, -0.1) is 0 Å². The van der Waals surface area contributed by atoms with E-state index < -0.39 is 12.0 Å². The summed E-state index contributed by atoms with van der Waals surface area (Å²) in [4.78, 5) is 33.0. The van der Waals surface area contributed by atoms with Gasteiger partial charge in [-0.1, -0.05) is 71.5 Å². The number of ether oxygens (including phenoxy) is 3.